The first-order chi connectivity index (χ1) is 56.8. The topological polar surface area (TPSA) is 135 Å². The highest BCUT2D eigenvalue weighted by molar-refractivity contribution is 5.97. The Morgan fingerprint density at radius 2 is 0.530 bits per heavy atom. The molecule has 0 aliphatic heterocycles. The second-order valence-corrected chi connectivity index (χ2v) is 31.6. The van der Waals surface area contributed by atoms with Crippen molar-refractivity contribution in [2.24, 2.45) is 58.6 Å². The number of rotatable bonds is 23. The lowest BCUT2D eigenvalue weighted by Crippen LogP contribution is -2.28. The fourth-order valence-electron chi connectivity index (χ4n) is 16.4. The van der Waals surface area contributed by atoms with Gasteiger partial charge in [-0.2, -0.15) is 0 Å². The Bertz CT molecular complexity index is 4780. The van der Waals surface area contributed by atoms with E-state index in [2.05, 4.69) is 12.2 Å². The lowest BCUT2D eigenvalue weighted by atomic mass is 9.95. The average Bonchev–Trinajstić information content (AvgIpc) is 1.28. The molecule has 12 aromatic carbocycles. The van der Waals surface area contributed by atoms with Gasteiger partial charge in [-0.25, -0.2) is 35.1 Å². The van der Waals surface area contributed by atoms with E-state index < -0.39 is 0 Å². The molecule has 0 bridgehead atoms. The predicted molar refractivity (Wildman–Crippen MR) is 454 cm³/mol. The molecular weight excluding hydrogens is 1490 g/mol. The number of carbonyl (C=O) groups excluding carboxylic acids is 1. The molecule has 4 aliphatic rings. The normalized spacial score (nSPS) is 18.6. The van der Waals surface area contributed by atoms with Gasteiger partial charge in [0, 0.05) is 12.1 Å². The van der Waals surface area contributed by atoms with Crippen molar-refractivity contribution in [1.82, 2.24) is 5.32 Å². The Morgan fingerprint density at radius 3 is 0.786 bits per heavy atom. The summed E-state index contributed by atoms with van der Waals surface area (Å²) in [5, 5.41) is 3.06. The van der Waals surface area contributed by atoms with Gasteiger partial charge in [-0.15, -0.1) is 0 Å². The number of carbonyl (C=O) groups is 1. The average molecular weight is 1590 g/mol. The molecule has 12 aromatic rings. The maximum absolute atomic E-state index is 13.4. The minimum Gasteiger partial charge on any atom is -0.493 e. The van der Waals surface area contributed by atoms with E-state index in [1.807, 2.05) is 72.8 Å². The number of halogens is 8. The predicted octanol–water partition coefficient (Wildman–Crippen LogP) is 24.8. The summed E-state index contributed by atoms with van der Waals surface area (Å²) in [6.07, 6.45) is 14.9. The minimum absolute atomic E-state index is 0.150. The molecule has 7 N–H and O–H groups in total. The number of ether oxygens (including phenoxy) is 3. The number of hydrogen-bond acceptors (Lipinski definition) is 7. The van der Waals surface area contributed by atoms with Gasteiger partial charge in [-0.3, -0.25) is 4.79 Å². The number of nitrogens with one attached hydrogen (secondary N) is 1. The van der Waals surface area contributed by atoms with Crippen molar-refractivity contribution < 1.29 is 54.1 Å². The summed E-state index contributed by atoms with van der Waals surface area (Å²) in [7, 11) is 0. The van der Waals surface area contributed by atoms with Crippen LogP contribution in [0.25, 0.3) is 89.0 Å². The number of benzene rings is 12. The van der Waals surface area contributed by atoms with Gasteiger partial charge >= 0.3 is 0 Å². The minimum atomic E-state index is -0.316. The fraction of sp³-hybridized carbons (Fsp3) is 0.277. The summed E-state index contributed by atoms with van der Waals surface area (Å²) in [4.78, 5) is 13.0. The van der Waals surface area contributed by atoms with Crippen LogP contribution in [0.4, 0.5) is 35.1 Å². The van der Waals surface area contributed by atoms with Gasteiger partial charge in [0.25, 0.3) is 5.91 Å². The maximum atomic E-state index is 13.4. The van der Waals surface area contributed by atoms with Gasteiger partial charge in [0.2, 0.25) is 0 Å². The van der Waals surface area contributed by atoms with Crippen LogP contribution in [-0.4, -0.2) is 51.4 Å². The zero-order valence-corrected chi connectivity index (χ0v) is 65.8. The standard InChI is InChI=1S/C26H26F2N2O.2C25H25F2NO.C25H24F2O/c27-24-7-3-19(4-8-24)21-12-22(20-5-9-25(28)10-6-20)14-23(13-21)26(31)30-16-18-2-1-17(11-18)15-29;2*26-23-7-3-19(4-8-23)21-12-22(20-5-9-24(27)10-6-20)14-25(13-21)29-16-18-2-1-17(11-18)15-28;1-2-17-3-12-24(13-17)28-25-15-20(18-4-8-22(26)9-5-18)14-21(16-25)19-6-10-23(27)11-7-19/h3-10,12-14,17-18H,1-2,11,15-16,29H2,(H,30,31);2*3-10,12-14,17-18H,1-2,11,15-16,28H2;4-11,14-17,24H,2-3,12-13H2,1H3/t17-,18-;17-,18+;17-,18-;17?,24-/m0101/s1. The molecule has 4 saturated carbocycles. The highest BCUT2D eigenvalue weighted by Gasteiger charge is 2.29. The van der Waals surface area contributed by atoms with Crippen molar-refractivity contribution in [3.63, 3.8) is 0 Å². The largest absolute Gasteiger partial charge is 0.493 e. The molecule has 8 nitrogen and oxygen atoms in total. The van der Waals surface area contributed by atoms with E-state index in [0.29, 0.717) is 67.4 Å². The monoisotopic (exact) mass is 1580 g/mol. The fourth-order valence-corrected chi connectivity index (χ4v) is 16.4. The Kier molecular flexibility index (Phi) is 29.1. The molecule has 117 heavy (non-hydrogen) atoms. The molecule has 4 aliphatic carbocycles. The summed E-state index contributed by atoms with van der Waals surface area (Å²) in [6, 6.07) is 74.5. The van der Waals surface area contributed by atoms with E-state index in [-0.39, 0.29) is 58.5 Å². The van der Waals surface area contributed by atoms with E-state index in [1.54, 1.807) is 97.1 Å². The van der Waals surface area contributed by atoms with Crippen LogP contribution in [-0.2, 0) is 0 Å². The second-order valence-electron chi connectivity index (χ2n) is 31.6. The lowest BCUT2D eigenvalue weighted by molar-refractivity contribution is 0.0947. The molecule has 16 rings (SSSR count). The van der Waals surface area contributed by atoms with Crippen molar-refractivity contribution in [1.29, 1.82) is 0 Å². The van der Waals surface area contributed by atoms with Gasteiger partial charge in [0.05, 0.1) is 19.3 Å². The molecule has 0 saturated heterocycles. The van der Waals surface area contributed by atoms with Crippen molar-refractivity contribution >= 4 is 5.91 Å². The van der Waals surface area contributed by atoms with Crippen molar-refractivity contribution in [3.05, 3.63) is 319 Å². The van der Waals surface area contributed by atoms with Crippen molar-refractivity contribution in [3.8, 4) is 106 Å². The quantitative estimate of drug-likeness (QED) is 0.0469. The van der Waals surface area contributed by atoms with E-state index in [9.17, 15) is 39.9 Å². The first-order valence-corrected chi connectivity index (χ1v) is 40.8. The molecule has 604 valence electrons. The van der Waals surface area contributed by atoms with Gasteiger partial charge in [0.1, 0.15) is 63.8 Å². The first kappa shape index (κ1) is 83.8. The third kappa shape index (κ3) is 23.8. The molecule has 0 heterocycles. The number of hydrogen-bond donors (Lipinski definition) is 4. The second kappa shape index (κ2) is 40.6. The van der Waals surface area contributed by atoms with Gasteiger partial charge in [0.15, 0.2) is 0 Å². The summed E-state index contributed by atoms with van der Waals surface area (Å²) in [5.41, 5.74) is 32.3. The summed E-state index contributed by atoms with van der Waals surface area (Å²) in [5.74, 6) is 3.96. The molecule has 0 radical (unpaired) electrons. The molecule has 8 atom stereocenters. The molecule has 4 fully saturated rings. The third-order valence-electron chi connectivity index (χ3n) is 23.2. The smallest absolute Gasteiger partial charge is 0.251 e. The Morgan fingerprint density at radius 1 is 0.291 bits per heavy atom. The number of nitrogens with two attached hydrogens (primary N) is 3. The van der Waals surface area contributed by atoms with Gasteiger partial charge in [-0.05, 0) is 397 Å². The molecular formula is C101H100F8N4O4. The van der Waals surface area contributed by atoms with Crippen LogP contribution in [0.5, 0.6) is 17.2 Å². The van der Waals surface area contributed by atoms with Crippen molar-refractivity contribution in [2.75, 3.05) is 39.4 Å². The number of amides is 1. The van der Waals surface area contributed by atoms with Crippen LogP contribution in [0.3, 0.4) is 0 Å². The first-order valence-electron chi connectivity index (χ1n) is 40.8. The Balaban J connectivity index is 0.000000136. The summed E-state index contributed by atoms with van der Waals surface area (Å²) >= 11 is 0. The molecule has 0 aromatic heterocycles. The van der Waals surface area contributed by atoms with Crippen LogP contribution in [0.15, 0.2) is 267 Å². The van der Waals surface area contributed by atoms with Crippen LogP contribution in [0, 0.1) is 88.0 Å². The summed E-state index contributed by atoms with van der Waals surface area (Å²) < 4.78 is 126. The van der Waals surface area contributed by atoms with E-state index in [4.69, 9.17) is 31.4 Å². The Labute approximate surface area is 681 Å². The zero-order valence-electron chi connectivity index (χ0n) is 65.8. The molecule has 0 spiro atoms. The van der Waals surface area contributed by atoms with E-state index in [1.165, 1.54) is 123 Å². The van der Waals surface area contributed by atoms with E-state index in [0.717, 1.165) is 183 Å². The maximum Gasteiger partial charge on any atom is 0.251 e. The van der Waals surface area contributed by atoms with Gasteiger partial charge < -0.3 is 36.7 Å². The molecule has 1 amide bonds. The molecule has 16 heteroatoms. The third-order valence-corrected chi connectivity index (χ3v) is 23.2. The van der Waals surface area contributed by atoms with Crippen LogP contribution in [0.1, 0.15) is 101 Å². The Hall–Kier alpha value is -11.2. The van der Waals surface area contributed by atoms with Crippen LogP contribution in [0.2, 0.25) is 0 Å². The zero-order chi connectivity index (χ0) is 81.7. The highest BCUT2D eigenvalue weighted by Crippen LogP contribution is 2.41. The lowest BCUT2D eigenvalue weighted by Gasteiger charge is -2.17. The van der Waals surface area contributed by atoms with E-state index >= 15 is 0 Å². The van der Waals surface area contributed by atoms with Gasteiger partial charge in [-0.1, -0.05) is 110 Å². The van der Waals surface area contributed by atoms with Crippen LogP contribution < -0.4 is 36.7 Å². The van der Waals surface area contributed by atoms with Crippen molar-refractivity contribution in [2.45, 2.75) is 96.5 Å². The van der Waals surface area contributed by atoms with Crippen LogP contribution >= 0.6 is 0 Å². The summed E-state index contributed by atoms with van der Waals surface area (Å²) in [6.45, 7) is 6.36. The SMILES string of the molecule is CCC1CC[C@@H](Oc2cc(-c3ccc(F)cc3)cc(-c3ccc(F)cc3)c2)C1.NC[C@@H]1CC[C@H](COc2cc(-c3ccc(F)cc3)cc(-c3ccc(F)cc3)c2)C1.NC[C@H]1CC[C@H](CNC(=O)c2cc(-c3ccc(F)cc3)cc(-c3ccc(F)cc3)c2)C1.NC[C@H]1CC[C@H](COc2cc(-c3ccc(F)cc3)cc(-c3ccc(F)cc3)c2)C1. The molecule has 1 unspecified atom stereocenters. The highest BCUT2D eigenvalue weighted by atomic mass is 19.2.